The Morgan fingerprint density at radius 2 is 2.00 bits per heavy atom. The molecule has 2 nitrogen and oxygen atoms in total. The Balaban J connectivity index is 2.14. The molecule has 0 aliphatic heterocycles. The van der Waals surface area contributed by atoms with Crippen LogP contribution in [0.15, 0.2) is 22.7 Å². The molecule has 0 saturated heterocycles. The van der Waals surface area contributed by atoms with E-state index in [-0.39, 0.29) is 0 Å². The second kappa shape index (κ2) is 5.17. The molecule has 1 saturated carbocycles. The highest BCUT2D eigenvalue weighted by molar-refractivity contribution is 9.10. The fourth-order valence-electron chi connectivity index (χ4n) is 1.91. The molecule has 2 aromatic rings. The van der Waals surface area contributed by atoms with Gasteiger partial charge in [-0.25, -0.2) is 4.98 Å². The van der Waals surface area contributed by atoms with Crippen LogP contribution in [0.1, 0.15) is 24.5 Å². The molecular formula is C13H9BrCl2N2S. The van der Waals surface area contributed by atoms with Gasteiger partial charge in [0.05, 0.1) is 14.5 Å². The zero-order valence-electron chi connectivity index (χ0n) is 9.71. The zero-order chi connectivity index (χ0) is 13.6. The van der Waals surface area contributed by atoms with E-state index in [2.05, 4.69) is 25.9 Å². The van der Waals surface area contributed by atoms with Crippen LogP contribution in [0, 0.1) is 4.64 Å². The van der Waals surface area contributed by atoms with Gasteiger partial charge in [0.1, 0.15) is 10.5 Å². The Morgan fingerprint density at radius 1 is 1.26 bits per heavy atom. The minimum atomic E-state index is 0.510. The lowest BCUT2D eigenvalue weighted by atomic mass is 10.2. The lowest BCUT2D eigenvalue weighted by Crippen LogP contribution is -1.97. The molecule has 0 atom stereocenters. The fraction of sp³-hybridized carbons (Fsp3) is 0.231. The van der Waals surface area contributed by atoms with Crippen LogP contribution in [0.4, 0.5) is 0 Å². The largest absolute Gasteiger partial charge is 0.342 e. The van der Waals surface area contributed by atoms with Crippen molar-refractivity contribution in [2.75, 3.05) is 0 Å². The van der Waals surface area contributed by atoms with Crippen LogP contribution in [0.3, 0.4) is 0 Å². The van der Waals surface area contributed by atoms with E-state index in [9.17, 15) is 0 Å². The monoisotopic (exact) mass is 374 g/mol. The molecule has 1 aliphatic carbocycles. The van der Waals surface area contributed by atoms with Gasteiger partial charge in [-0.1, -0.05) is 35.4 Å². The van der Waals surface area contributed by atoms with E-state index in [4.69, 9.17) is 35.4 Å². The summed E-state index contributed by atoms with van der Waals surface area (Å²) >= 11 is 20.8. The summed E-state index contributed by atoms with van der Waals surface area (Å²) in [6.07, 6.45) is 2.38. The van der Waals surface area contributed by atoms with E-state index in [0.29, 0.717) is 20.6 Å². The lowest BCUT2D eigenvalue weighted by Gasteiger charge is -2.08. The third kappa shape index (κ3) is 2.72. The second-order valence-corrected chi connectivity index (χ2v) is 6.52. The number of aromatic nitrogens is 2. The molecule has 1 aromatic carbocycles. The zero-order valence-corrected chi connectivity index (χ0v) is 13.6. The first kappa shape index (κ1) is 13.6. The Morgan fingerprint density at radius 3 is 2.63 bits per heavy atom. The number of rotatable bonds is 2. The highest BCUT2D eigenvalue weighted by atomic mass is 79.9. The molecule has 6 heteroatoms. The molecule has 0 bridgehead atoms. The molecule has 0 radical (unpaired) electrons. The topological polar surface area (TPSA) is 28.7 Å². The third-order valence-corrected chi connectivity index (χ3v) is 5.17. The van der Waals surface area contributed by atoms with Crippen molar-refractivity contribution in [1.29, 1.82) is 0 Å². The van der Waals surface area contributed by atoms with Crippen molar-refractivity contribution in [3.05, 3.63) is 43.1 Å². The average molecular weight is 376 g/mol. The minimum Gasteiger partial charge on any atom is -0.342 e. The summed E-state index contributed by atoms with van der Waals surface area (Å²) in [4.78, 5) is 7.75. The molecule has 1 aliphatic rings. The maximum absolute atomic E-state index is 6.04. The number of benzene rings is 1. The molecule has 0 unspecified atom stereocenters. The molecule has 19 heavy (non-hydrogen) atoms. The van der Waals surface area contributed by atoms with Crippen LogP contribution in [0.5, 0.6) is 0 Å². The molecule has 1 fully saturated rings. The van der Waals surface area contributed by atoms with Crippen molar-refractivity contribution in [3.63, 3.8) is 0 Å². The van der Waals surface area contributed by atoms with Gasteiger partial charge >= 0.3 is 0 Å². The first-order chi connectivity index (χ1) is 9.06. The van der Waals surface area contributed by atoms with Crippen molar-refractivity contribution < 1.29 is 0 Å². The van der Waals surface area contributed by atoms with Crippen LogP contribution in [-0.2, 0) is 0 Å². The SMILES string of the molecule is S=c1nc(-c2ccc(Cl)c(Cl)c2)[nH]c(C2CC2)c1Br. The van der Waals surface area contributed by atoms with Crippen LogP contribution >= 0.6 is 51.3 Å². The second-order valence-electron chi connectivity index (χ2n) is 4.52. The van der Waals surface area contributed by atoms with E-state index < -0.39 is 0 Å². The fourth-order valence-corrected chi connectivity index (χ4v) is 2.92. The molecule has 1 aromatic heterocycles. The predicted octanol–water partition coefficient (Wildman–Crippen LogP) is 5.75. The van der Waals surface area contributed by atoms with E-state index >= 15 is 0 Å². The van der Waals surface area contributed by atoms with Crippen LogP contribution in [0.25, 0.3) is 11.4 Å². The van der Waals surface area contributed by atoms with Crippen molar-refractivity contribution in [3.8, 4) is 11.4 Å². The quantitative estimate of drug-likeness (QED) is 0.676. The summed E-state index contributed by atoms with van der Waals surface area (Å²) in [5.41, 5.74) is 2.01. The molecule has 0 spiro atoms. The van der Waals surface area contributed by atoms with Gasteiger partial charge in [-0.3, -0.25) is 0 Å². The van der Waals surface area contributed by atoms with Gasteiger partial charge in [0.15, 0.2) is 0 Å². The van der Waals surface area contributed by atoms with Gasteiger partial charge in [0.25, 0.3) is 0 Å². The van der Waals surface area contributed by atoms with Gasteiger partial charge in [0, 0.05) is 17.2 Å². The number of hydrogen-bond acceptors (Lipinski definition) is 2. The van der Waals surface area contributed by atoms with E-state index in [1.165, 1.54) is 12.8 Å². The van der Waals surface area contributed by atoms with Crippen LogP contribution in [-0.4, -0.2) is 9.97 Å². The Hall–Kier alpha value is -0.420. The number of halogens is 3. The van der Waals surface area contributed by atoms with E-state index in [1.807, 2.05) is 6.07 Å². The van der Waals surface area contributed by atoms with Crippen molar-refractivity contribution in [1.82, 2.24) is 9.97 Å². The Bertz CT molecular complexity index is 710. The first-order valence-corrected chi connectivity index (χ1v) is 7.77. The van der Waals surface area contributed by atoms with Gasteiger partial charge < -0.3 is 4.98 Å². The molecule has 3 rings (SSSR count). The van der Waals surface area contributed by atoms with Gasteiger partial charge in [-0.2, -0.15) is 0 Å². The highest BCUT2D eigenvalue weighted by Crippen LogP contribution is 2.43. The average Bonchev–Trinajstić information content (AvgIpc) is 3.20. The van der Waals surface area contributed by atoms with Crippen molar-refractivity contribution in [2.45, 2.75) is 18.8 Å². The molecule has 1 heterocycles. The summed E-state index contributed by atoms with van der Waals surface area (Å²) < 4.78 is 1.47. The summed E-state index contributed by atoms with van der Waals surface area (Å²) in [6.45, 7) is 0. The maximum Gasteiger partial charge on any atom is 0.144 e. The van der Waals surface area contributed by atoms with Gasteiger partial charge in [-0.15, -0.1) is 0 Å². The van der Waals surface area contributed by atoms with Crippen molar-refractivity contribution in [2.24, 2.45) is 0 Å². The molecule has 1 N–H and O–H groups in total. The van der Waals surface area contributed by atoms with Gasteiger partial charge in [0.2, 0.25) is 0 Å². The third-order valence-electron chi connectivity index (χ3n) is 3.07. The summed E-state index contributed by atoms with van der Waals surface area (Å²) in [6, 6.07) is 5.44. The number of aromatic amines is 1. The number of hydrogen-bond donors (Lipinski definition) is 1. The first-order valence-electron chi connectivity index (χ1n) is 5.81. The molecule has 0 amide bonds. The standard InChI is InChI=1S/C13H9BrCl2N2S/c14-10-11(6-1-2-6)17-12(18-13(10)19)7-3-4-8(15)9(16)5-7/h3-6H,1-2H2,(H,17,18,19). The summed E-state index contributed by atoms with van der Waals surface area (Å²) in [5.74, 6) is 1.29. The highest BCUT2D eigenvalue weighted by Gasteiger charge is 2.27. The molecule has 98 valence electrons. The van der Waals surface area contributed by atoms with Crippen LogP contribution < -0.4 is 0 Å². The maximum atomic E-state index is 6.04. The lowest BCUT2D eigenvalue weighted by molar-refractivity contribution is 0.973. The van der Waals surface area contributed by atoms with E-state index in [1.54, 1.807) is 12.1 Å². The van der Waals surface area contributed by atoms with Crippen LogP contribution in [0.2, 0.25) is 10.0 Å². The van der Waals surface area contributed by atoms with E-state index in [0.717, 1.165) is 21.6 Å². The summed E-state index contributed by atoms with van der Waals surface area (Å²) in [7, 11) is 0. The molecular weight excluding hydrogens is 367 g/mol. The summed E-state index contributed by atoms with van der Waals surface area (Å²) in [5, 5.41) is 1.04. The Kier molecular flexibility index (Phi) is 3.69. The smallest absolute Gasteiger partial charge is 0.144 e. The predicted molar refractivity (Wildman–Crippen MR) is 84.6 cm³/mol. The number of nitrogens with one attached hydrogen (secondary N) is 1. The van der Waals surface area contributed by atoms with Crippen molar-refractivity contribution >= 4 is 51.3 Å². The normalized spacial score (nSPS) is 14.7. The number of nitrogens with zero attached hydrogens (tertiary/aromatic N) is 1. The Labute approximate surface area is 134 Å². The minimum absolute atomic E-state index is 0.510. The van der Waals surface area contributed by atoms with Gasteiger partial charge in [-0.05, 0) is 47.0 Å². The number of H-pyrrole nitrogens is 1.